The zero-order chi connectivity index (χ0) is 29.7. The lowest BCUT2D eigenvalue weighted by Crippen LogP contribution is -2.57. The number of amides is 1. The maximum absolute atomic E-state index is 13.5. The molecule has 1 atom stereocenters. The number of nitrogens with zero attached hydrogens (tertiary/aromatic N) is 2. The Kier molecular flexibility index (Phi) is 9.96. The van der Waals surface area contributed by atoms with Crippen LogP contribution in [0.5, 0.6) is 17.2 Å². The smallest absolute Gasteiger partial charge is 0.225 e. The highest BCUT2D eigenvalue weighted by Gasteiger charge is 2.41. The van der Waals surface area contributed by atoms with Crippen LogP contribution in [0.25, 0.3) is 0 Å². The minimum atomic E-state index is -0.852. The van der Waals surface area contributed by atoms with Crippen LogP contribution in [0.1, 0.15) is 36.0 Å². The summed E-state index contributed by atoms with van der Waals surface area (Å²) in [5, 5.41) is 11.3. The normalized spacial score (nSPS) is 20.0. The molecule has 5 rings (SSSR count). The summed E-state index contributed by atoms with van der Waals surface area (Å²) >= 11 is 12.6. The number of likely N-dealkylation sites (tertiary alicyclic amines) is 1. The summed E-state index contributed by atoms with van der Waals surface area (Å²) in [5.74, 6) is 2.14. The van der Waals surface area contributed by atoms with Crippen LogP contribution in [0.15, 0.2) is 60.7 Å². The van der Waals surface area contributed by atoms with Crippen LogP contribution in [0.4, 0.5) is 0 Å². The van der Waals surface area contributed by atoms with Crippen molar-refractivity contribution in [1.82, 2.24) is 9.80 Å². The molecule has 42 heavy (non-hydrogen) atoms. The van der Waals surface area contributed by atoms with E-state index in [1.165, 1.54) is 0 Å². The molecule has 3 aromatic carbocycles. The standard InChI is InChI=1S/C33H38Cl2N2O5/c1-23-16-29(17-24(2)32(23)35)40-22-33(19-31(39)37-12-10-27(38)11-13-37)21-36(14-15-41-33)20-25-6-3-4-9-30(25)42-28-8-5-7-26(34)18-28/h3-9,16-18,27,38H,10-15,19-22H2,1-2H3/t33-/m0/s1. The third-order valence-corrected chi connectivity index (χ3v) is 8.75. The van der Waals surface area contributed by atoms with E-state index in [1.54, 1.807) is 6.07 Å². The van der Waals surface area contributed by atoms with E-state index in [0.29, 0.717) is 68.7 Å². The van der Waals surface area contributed by atoms with E-state index >= 15 is 0 Å². The van der Waals surface area contributed by atoms with E-state index in [2.05, 4.69) is 11.0 Å². The molecule has 2 heterocycles. The van der Waals surface area contributed by atoms with E-state index in [9.17, 15) is 9.90 Å². The second-order valence-electron chi connectivity index (χ2n) is 11.4. The van der Waals surface area contributed by atoms with Gasteiger partial charge in [0, 0.05) is 48.3 Å². The molecule has 1 N–H and O–H groups in total. The Morgan fingerprint density at radius 2 is 1.74 bits per heavy atom. The Bertz CT molecular complexity index is 1370. The highest BCUT2D eigenvalue weighted by molar-refractivity contribution is 6.32. The minimum absolute atomic E-state index is 0.0144. The van der Waals surface area contributed by atoms with Gasteiger partial charge >= 0.3 is 0 Å². The molecule has 2 fully saturated rings. The molecular formula is C33H38Cl2N2O5. The van der Waals surface area contributed by atoms with Gasteiger partial charge < -0.3 is 24.2 Å². The Morgan fingerprint density at radius 1 is 1.00 bits per heavy atom. The van der Waals surface area contributed by atoms with Crippen LogP contribution in [-0.2, 0) is 16.1 Å². The van der Waals surface area contributed by atoms with Gasteiger partial charge in [-0.3, -0.25) is 9.69 Å². The Morgan fingerprint density at radius 3 is 2.48 bits per heavy atom. The number of para-hydroxylation sites is 1. The first-order valence-corrected chi connectivity index (χ1v) is 15.2. The van der Waals surface area contributed by atoms with E-state index in [-0.39, 0.29) is 25.0 Å². The van der Waals surface area contributed by atoms with Gasteiger partial charge in [0.15, 0.2) is 0 Å². The molecule has 224 valence electrons. The Balaban J connectivity index is 1.35. The number of morpholine rings is 1. The van der Waals surface area contributed by atoms with Gasteiger partial charge in [-0.05, 0) is 74.2 Å². The third kappa shape index (κ3) is 7.77. The molecule has 0 aliphatic carbocycles. The predicted molar refractivity (Wildman–Crippen MR) is 165 cm³/mol. The fraction of sp³-hybridized carbons (Fsp3) is 0.424. The second kappa shape index (κ2) is 13.7. The van der Waals surface area contributed by atoms with Crippen molar-refractivity contribution < 1.29 is 24.1 Å². The third-order valence-electron chi connectivity index (χ3n) is 7.92. The van der Waals surface area contributed by atoms with Crippen molar-refractivity contribution in [2.75, 3.05) is 39.4 Å². The molecule has 1 amide bonds. The van der Waals surface area contributed by atoms with Crippen LogP contribution in [0, 0.1) is 13.8 Å². The maximum Gasteiger partial charge on any atom is 0.225 e. The largest absolute Gasteiger partial charge is 0.490 e. The summed E-state index contributed by atoms with van der Waals surface area (Å²) in [6.45, 7) is 7.50. The van der Waals surface area contributed by atoms with Crippen molar-refractivity contribution in [2.45, 2.75) is 51.4 Å². The predicted octanol–water partition coefficient (Wildman–Crippen LogP) is 6.43. The van der Waals surface area contributed by atoms with Crippen molar-refractivity contribution in [3.8, 4) is 17.2 Å². The van der Waals surface area contributed by atoms with Crippen LogP contribution in [0.3, 0.4) is 0 Å². The van der Waals surface area contributed by atoms with Crippen LogP contribution in [-0.4, -0.2) is 71.9 Å². The van der Waals surface area contributed by atoms with Gasteiger partial charge in [0.1, 0.15) is 29.5 Å². The summed E-state index contributed by atoms with van der Waals surface area (Å²) in [5.41, 5.74) is 2.04. The van der Waals surface area contributed by atoms with Crippen molar-refractivity contribution in [3.05, 3.63) is 87.4 Å². The van der Waals surface area contributed by atoms with Gasteiger partial charge in [0.25, 0.3) is 0 Å². The molecule has 2 aliphatic rings. The average Bonchev–Trinajstić information content (AvgIpc) is 2.96. The number of piperidine rings is 1. The fourth-order valence-electron chi connectivity index (χ4n) is 5.64. The lowest BCUT2D eigenvalue weighted by atomic mass is 9.95. The van der Waals surface area contributed by atoms with Crippen LogP contribution in [0.2, 0.25) is 10.0 Å². The minimum Gasteiger partial charge on any atom is -0.490 e. The molecule has 0 saturated carbocycles. The van der Waals surface area contributed by atoms with Crippen LogP contribution < -0.4 is 9.47 Å². The summed E-state index contributed by atoms with van der Waals surface area (Å²) in [6.07, 6.45) is 1.02. The van der Waals surface area contributed by atoms with Gasteiger partial charge in [-0.25, -0.2) is 0 Å². The molecule has 7 nitrogen and oxygen atoms in total. The summed E-state index contributed by atoms with van der Waals surface area (Å²) in [4.78, 5) is 17.7. The highest BCUT2D eigenvalue weighted by Crippen LogP contribution is 2.32. The van der Waals surface area contributed by atoms with Crippen molar-refractivity contribution in [3.63, 3.8) is 0 Å². The number of hydrogen-bond acceptors (Lipinski definition) is 6. The van der Waals surface area contributed by atoms with E-state index in [1.807, 2.05) is 67.3 Å². The number of carbonyl (C=O) groups excluding carboxylic acids is 1. The monoisotopic (exact) mass is 612 g/mol. The number of aliphatic hydroxyl groups excluding tert-OH is 1. The van der Waals surface area contributed by atoms with Crippen molar-refractivity contribution >= 4 is 29.1 Å². The van der Waals surface area contributed by atoms with Crippen molar-refractivity contribution in [1.29, 1.82) is 0 Å². The first-order chi connectivity index (χ1) is 20.2. The first kappa shape index (κ1) is 30.6. The molecular weight excluding hydrogens is 575 g/mol. The number of aliphatic hydroxyl groups is 1. The van der Waals surface area contributed by atoms with Gasteiger partial charge in [-0.15, -0.1) is 0 Å². The Hall–Kier alpha value is -2.81. The SMILES string of the molecule is Cc1cc(OC[C@]2(CC(=O)N3CCC(O)CC3)CN(Cc3ccccc3Oc3cccc(Cl)c3)CCO2)cc(C)c1Cl. The van der Waals surface area contributed by atoms with Gasteiger partial charge in [-0.2, -0.15) is 0 Å². The molecule has 9 heteroatoms. The average molecular weight is 614 g/mol. The maximum atomic E-state index is 13.5. The fourth-order valence-corrected chi connectivity index (χ4v) is 5.93. The molecule has 0 bridgehead atoms. The number of halogens is 2. The first-order valence-electron chi connectivity index (χ1n) is 14.4. The molecule has 3 aromatic rings. The molecule has 0 radical (unpaired) electrons. The van der Waals surface area contributed by atoms with Gasteiger partial charge in [0.2, 0.25) is 5.91 Å². The quantitative estimate of drug-likeness (QED) is 0.300. The number of aryl methyl sites for hydroxylation is 2. The number of benzene rings is 3. The van der Waals surface area contributed by atoms with E-state index in [0.717, 1.165) is 27.5 Å². The van der Waals surface area contributed by atoms with Crippen molar-refractivity contribution in [2.24, 2.45) is 0 Å². The number of rotatable bonds is 9. The number of ether oxygens (including phenoxy) is 3. The molecule has 2 saturated heterocycles. The van der Waals surface area contributed by atoms with Gasteiger partial charge in [-0.1, -0.05) is 47.5 Å². The van der Waals surface area contributed by atoms with E-state index in [4.69, 9.17) is 37.4 Å². The lowest BCUT2D eigenvalue weighted by Gasteiger charge is -2.43. The zero-order valence-electron chi connectivity index (χ0n) is 24.2. The highest BCUT2D eigenvalue weighted by atomic mass is 35.5. The topological polar surface area (TPSA) is 71.5 Å². The Labute approximate surface area is 257 Å². The number of carbonyl (C=O) groups is 1. The number of hydrogen-bond donors (Lipinski definition) is 1. The molecule has 0 aromatic heterocycles. The van der Waals surface area contributed by atoms with Crippen LogP contribution >= 0.6 is 23.2 Å². The summed E-state index contributed by atoms with van der Waals surface area (Å²) in [7, 11) is 0. The lowest BCUT2D eigenvalue weighted by molar-refractivity contribution is -0.158. The zero-order valence-corrected chi connectivity index (χ0v) is 25.7. The second-order valence-corrected chi connectivity index (χ2v) is 12.2. The molecule has 0 spiro atoms. The van der Waals surface area contributed by atoms with E-state index < -0.39 is 5.60 Å². The summed E-state index contributed by atoms with van der Waals surface area (Å²) in [6, 6.07) is 19.1. The molecule has 0 unspecified atom stereocenters. The van der Waals surface area contributed by atoms with Gasteiger partial charge in [0.05, 0.1) is 19.1 Å². The molecule has 2 aliphatic heterocycles. The summed E-state index contributed by atoms with van der Waals surface area (Å²) < 4.78 is 19.0.